The smallest absolute Gasteiger partial charge is 0.311 e. The van der Waals surface area contributed by atoms with Crippen molar-refractivity contribution < 1.29 is 18.3 Å². The van der Waals surface area contributed by atoms with Gasteiger partial charge in [0.2, 0.25) is 10.0 Å². The molecule has 1 aliphatic heterocycles. The van der Waals surface area contributed by atoms with Crippen LogP contribution in [0.5, 0.6) is 0 Å². The van der Waals surface area contributed by atoms with Gasteiger partial charge in [-0.3, -0.25) is 4.79 Å². The lowest BCUT2D eigenvalue weighted by Gasteiger charge is -2.22. The molecule has 0 aliphatic carbocycles. The molecule has 7 heteroatoms. The van der Waals surface area contributed by atoms with Crippen LogP contribution < -0.4 is 9.62 Å². The summed E-state index contributed by atoms with van der Waals surface area (Å²) in [6.45, 7) is 2.82. The van der Waals surface area contributed by atoms with Gasteiger partial charge in [-0.1, -0.05) is 0 Å². The molecule has 2 rings (SSSR count). The van der Waals surface area contributed by atoms with Crippen LogP contribution in [0.2, 0.25) is 0 Å². The van der Waals surface area contributed by atoms with Crippen LogP contribution in [0.15, 0.2) is 29.2 Å². The molecule has 1 saturated heterocycles. The number of rotatable bonds is 4. The lowest BCUT2D eigenvalue weighted by molar-refractivity contribution is -0.146. The summed E-state index contributed by atoms with van der Waals surface area (Å²) in [7, 11) is -2.07. The zero-order valence-corrected chi connectivity index (χ0v) is 12.3. The molecular formula is C13H18N2O4S. The number of carboxylic acid groups (broad SMARTS) is 1. The number of anilines is 1. The number of carbonyl (C=O) groups is 1. The van der Waals surface area contributed by atoms with E-state index >= 15 is 0 Å². The van der Waals surface area contributed by atoms with Crippen LogP contribution >= 0.6 is 0 Å². The first-order valence-corrected chi connectivity index (χ1v) is 7.79. The molecule has 1 atom stereocenters. The Balaban J connectivity index is 2.19. The Kier molecular flexibility index (Phi) is 3.75. The molecule has 6 nitrogen and oxygen atoms in total. The Bertz CT molecular complexity index is 612. The van der Waals surface area contributed by atoms with Gasteiger partial charge in [-0.25, -0.2) is 13.1 Å². The minimum Gasteiger partial charge on any atom is -0.481 e. The van der Waals surface area contributed by atoms with Gasteiger partial charge in [0.25, 0.3) is 0 Å². The van der Waals surface area contributed by atoms with Crippen LogP contribution in [0, 0.1) is 5.41 Å². The van der Waals surface area contributed by atoms with Gasteiger partial charge in [-0.2, -0.15) is 0 Å². The first-order valence-electron chi connectivity index (χ1n) is 6.30. The second-order valence-corrected chi connectivity index (χ2v) is 7.13. The third-order valence-corrected chi connectivity index (χ3v) is 5.20. The maximum Gasteiger partial charge on any atom is 0.311 e. The Hall–Kier alpha value is -1.60. The lowest BCUT2D eigenvalue weighted by Crippen LogP contribution is -2.31. The average Bonchev–Trinajstić information content (AvgIpc) is 2.83. The van der Waals surface area contributed by atoms with E-state index in [0.29, 0.717) is 19.5 Å². The van der Waals surface area contributed by atoms with E-state index in [4.69, 9.17) is 0 Å². The minimum absolute atomic E-state index is 0.198. The van der Waals surface area contributed by atoms with Gasteiger partial charge < -0.3 is 10.0 Å². The summed E-state index contributed by atoms with van der Waals surface area (Å²) >= 11 is 0. The van der Waals surface area contributed by atoms with Gasteiger partial charge in [-0.15, -0.1) is 0 Å². The van der Waals surface area contributed by atoms with E-state index in [0.717, 1.165) is 5.69 Å². The fraction of sp³-hybridized carbons (Fsp3) is 0.462. The molecule has 0 amide bonds. The Morgan fingerprint density at radius 1 is 1.35 bits per heavy atom. The maximum absolute atomic E-state index is 11.6. The number of sulfonamides is 1. The van der Waals surface area contributed by atoms with Crippen LogP contribution in [0.3, 0.4) is 0 Å². The normalized spacial score (nSPS) is 23.0. The number of nitrogens with zero attached hydrogens (tertiary/aromatic N) is 1. The Morgan fingerprint density at radius 2 is 1.95 bits per heavy atom. The Labute approximate surface area is 118 Å². The van der Waals surface area contributed by atoms with Crippen LogP contribution in [0.25, 0.3) is 0 Å². The van der Waals surface area contributed by atoms with E-state index in [1.165, 1.54) is 19.2 Å². The predicted octanol–water partition coefficient (Wildman–Crippen LogP) is 0.896. The summed E-state index contributed by atoms with van der Waals surface area (Å²) in [6, 6.07) is 6.46. The summed E-state index contributed by atoms with van der Waals surface area (Å²) in [5.74, 6) is -0.797. The van der Waals surface area contributed by atoms with E-state index in [1.54, 1.807) is 19.1 Å². The summed E-state index contributed by atoms with van der Waals surface area (Å²) in [5, 5.41) is 9.21. The summed E-state index contributed by atoms with van der Waals surface area (Å²) in [4.78, 5) is 13.4. The third-order valence-electron chi connectivity index (χ3n) is 3.77. The highest BCUT2D eigenvalue weighted by Crippen LogP contribution is 2.33. The zero-order valence-electron chi connectivity index (χ0n) is 11.5. The van der Waals surface area contributed by atoms with Crippen molar-refractivity contribution in [1.29, 1.82) is 0 Å². The van der Waals surface area contributed by atoms with E-state index in [1.807, 2.05) is 4.90 Å². The maximum atomic E-state index is 11.6. The van der Waals surface area contributed by atoms with Crippen LogP contribution in [-0.2, 0) is 14.8 Å². The van der Waals surface area contributed by atoms with Crippen molar-refractivity contribution in [1.82, 2.24) is 4.72 Å². The van der Waals surface area contributed by atoms with E-state index in [-0.39, 0.29) is 4.90 Å². The molecule has 1 heterocycles. The lowest BCUT2D eigenvalue weighted by atomic mass is 9.90. The van der Waals surface area contributed by atoms with E-state index in [9.17, 15) is 18.3 Å². The standard InChI is InChI=1S/C13H18N2O4S/c1-13(12(16)17)7-8-15(9-13)10-3-5-11(6-4-10)20(18,19)14-2/h3-6,14H,7-9H2,1-2H3,(H,16,17). The molecule has 1 unspecified atom stereocenters. The summed E-state index contributed by atoms with van der Waals surface area (Å²) in [5.41, 5.74) is 0.0976. The average molecular weight is 298 g/mol. The quantitative estimate of drug-likeness (QED) is 0.862. The van der Waals surface area contributed by atoms with E-state index < -0.39 is 21.4 Å². The number of nitrogens with one attached hydrogen (secondary N) is 1. The SMILES string of the molecule is CNS(=O)(=O)c1ccc(N2CCC(C)(C(=O)O)C2)cc1. The number of aliphatic carboxylic acids is 1. The van der Waals surface area contributed by atoms with Crippen molar-refractivity contribution in [2.75, 3.05) is 25.0 Å². The number of hydrogen-bond donors (Lipinski definition) is 2. The second kappa shape index (κ2) is 5.06. The second-order valence-electron chi connectivity index (χ2n) is 5.24. The summed E-state index contributed by atoms with van der Waals surface area (Å²) < 4.78 is 25.5. The molecule has 1 fully saturated rings. The van der Waals surface area contributed by atoms with Gasteiger partial charge in [0, 0.05) is 18.8 Å². The van der Waals surface area contributed by atoms with Crippen LogP contribution in [0.4, 0.5) is 5.69 Å². The van der Waals surface area contributed by atoms with Gasteiger partial charge >= 0.3 is 5.97 Å². The van der Waals surface area contributed by atoms with Crippen molar-refractivity contribution in [3.8, 4) is 0 Å². The molecule has 0 bridgehead atoms. The number of benzene rings is 1. The van der Waals surface area contributed by atoms with E-state index in [2.05, 4.69) is 4.72 Å². The number of carboxylic acids is 1. The molecular weight excluding hydrogens is 280 g/mol. The monoisotopic (exact) mass is 298 g/mol. The molecule has 0 spiro atoms. The predicted molar refractivity (Wildman–Crippen MR) is 75.3 cm³/mol. The Morgan fingerprint density at radius 3 is 2.40 bits per heavy atom. The van der Waals surface area contributed by atoms with Gasteiger partial charge in [0.1, 0.15) is 0 Å². The molecule has 0 aromatic heterocycles. The van der Waals surface area contributed by atoms with Gasteiger partial charge in [0.05, 0.1) is 10.3 Å². The van der Waals surface area contributed by atoms with Crippen LogP contribution in [-0.4, -0.2) is 39.6 Å². The first-order chi connectivity index (χ1) is 9.28. The molecule has 1 aromatic carbocycles. The van der Waals surface area contributed by atoms with Gasteiger partial charge in [-0.05, 0) is 44.7 Å². The van der Waals surface area contributed by atoms with Crippen molar-refractivity contribution in [3.63, 3.8) is 0 Å². The fourth-order valence-electron chi connectivity index (χ4n) is 2.31. The molecule has 0 radical (unpaired) electrons. The highest BCUT2D eigenvalue weighted by molar-refractivity contribution is 7.89. The molecule has 20 heavy (non-hydrogen) atoms. The molecule has 1 aromatic rings. The van der Waals surface area contributed by atoms with Crippen LogP contribution in [0.1, 0.15) is 13.3 Å². The largest absolute Gasteiger partial charge is 0.481 e. The van der Waals surface area contributed by atoms with Crippen molar-refractivity contribution in [2.24, 2.45) is 5.41 Å². The zero-order chi connectivity index (χ0) is 15.0. The topological polar surface area (TPSA) is 86.7 Å². The summed E-state index contributed by atoms with van der Waals surface area (Å²) in [6.07, 6.45) is 0.582. The highest BCUT2D eigenvalue weighted by Gasteiger charge is 2.40. The fourth-order valence-corrected chi connectivity index (χ4v) is 3.04. The number of hydrogen-bond acceptors (Lipinski definition) is 4. The highest BCUT2D eigenvalue weighted by atomic mass is 32.2. The van der Waals surface area contributed by atoms with Gasteiger partial charge in [0.15, 0.2) is 0 Å². The molecule has 2 N–H and O–H groups in total. The minimum atomic E-state index is -3.44. The molecule has 1 aliphatic rings. The van der Waals surface area contributed by atoms with Crippen molar-refractivity contribution in [2.45, 2.75) is 18.2 Å². The third kappa shape index (κ3) is 2.64. The first kappa shape index (κ1) is 14.8. The van der Waals surface area contributed by atoms with Crippen molar-refractivity contribution in [3.05, 3.63) is 24.3 Å². The molecule has 110 valence electrons. The van der Waals surface area contributed by atoms with Crippen molar-refractivity contribution >= 4 is 21.7 Å². The molecule has 0 saturated carbocycles.